The smallest absolute Gasteiger partial charge is 0.115 e. The maximum absolute atomic E-state index is 5.94. The number of hydrogen-bond donors (Lipinski definition) is 0. The Hall–Kier alpha value is -0.720. The molecule has 78 valence electrons. The molecule has 0 unspecified atom stereocenters. The Morgan fingerprint density at radius 1 is 1.43 bits per heavy atom. The van der Waals surface area contributed by atoms with Crippen LogP contribution in [0.15, 0.2) is 25.0 Å². The van der Waals surface area contributed by atoms with Gasteiger partial charge in [0, 0.05) is 12.3 Å². The van der Waals surface area contributed by atoms with Gasteiger partial charge in [-0.25, -0.2) is 0 Å². The second-order valence-electron chi connectivity index (χ2n) is 4.58. The Balaban J connectivity index is 2.18. The van der Waals surface area contributed by atoms with Gasteiger partial charge in [-0.15, -0.1) is 6.58 Å². The highest BCUT2D eigenvalue weighted by atomic mass is 16.5. The summed E-state index contributed by atoms with van der Waals surface area (Å²) in [5, 5.41) is 0. The lowest BCUT2D eigenvalue weighted by molar-refractivity contribution is -0.0456. The first kappa shape index (κ1) is 9.82. The number of allylic oxidation sites excluding steroid dienone is 1. The minimum absolute atomic E-state index is 0.104. The largest absolute Gasteiger partial charge is 0.495 e. The van der Waals surface area contributed by atoms with Crippen molar-refractivity contribution >= 4 is 0 Å². The van der Waals surface area contributed by atoms with Crippen LogP contribution in [0.4, 0.5) is 0 Å². The van der Waals surface area contributed by atoms with Gasteiger partial charge in [0.1, 0.15) is 5.60 Å². The molecule has 0 saturated heterocycles. The van der Waals surface area contributed by atoms with Gasteiger partial charge in [-0.3, -0.25) is 0 Å². The lowest BCUT2D eigenvalue weighted by atomic mass is 9.77. The van der Waals surface area contributed by atoms with Crippen molar-refractivity contribution in [1.29, 1.82) is 0 Å². The minimum atomic E-state index is 0.104. The van der Waals surface area contributed by atoms with Crippen LogP contribution in [-0.2, 0) is 4.74 Å². The molecule has 1 aliphatic carbocycles. The van der Waals surface area contributed by atoms with Crippen molar-refractivity contribution in [2.75, 3.05) is 0 Å². The Kier molecular flexibility index (Phi) is 2.95. The normalized spacial score (nSPS) is 36.7. The average molecular weight is 192 g/mol. The predicted octanol–water partition coefficient (Wildman–Crippen LogP) is 3.82. The molecule has 1 saturated carbocycles. The molecule has 2 atom stereocenters. The Bertz CT molecular complexity index is 231. The van der Waals surface area contributed by atoms with E-state index in [0.717, 1.165) is 12.3 Å². The van der Waals surface area contributed by atoms with Crippen molar-refractivity contribution < 1.29 is 4.74 Å². The number of fused-ring (bicyclic) bond motifs is 1. The third-order valence-corrected chi connectivity index (χ3v) is 3.71. The first-order valence-electron chi connectivity index (χ1n) is 5.81. The first-order chi connectivity index (χ1) is 6.87. The number of rotatable bonds is 2. The highest BCUT2D eigenvalue weighted by Gasteiger charge is 2.40. The second-order valence-corrected chi connectivity index (χ2v) is 4.58. The summed E-state index contributed by atoms with van der Waals surface area (Å²) in [7, 11) is 0. The lowest BCUT2D eigenvalue weighted by Gasteiger charge is -2.40. The molecule has 0 aromatic rings. The van der Waals surface area contributed by atoms with E-state index in [1.54, 1.807) is 0 Å². The molecular formula is C13H20O. The van der Waals surface area contributed by atoms with E-state index in [2.05, 4.69) is 12.7 Å². The zero-order valence-electron chi connectivity index (χ0n) is 8.87. The van der Waals surface area contributed by atoms with Gasteiger partial charge in [0.25, 0.3) is 0 Å². The summed E-state index contributed by atoms with van der Waals surface area (Å²) in [6, 6.07) is 0. The molecule has 1 fully saturated rings. The van der Waals surface area contributed by atoms with Gasteiger partial charge in [0.15, 0.2) is 0 Å². The number of hydrogen-bond acceptors (Lipinski definition) is 1. The topological polar surface area (TPSA) is 9.23 Å². The van der Waals surface area contributed by atoms with E-state index < -0.39 is 0 Å². The van der Waals surface area contributed by atoms with E-state index in [0.29, 0.717) is 0 Å². The Morgan fingerprint density at radius 2 is 2.36 bits per heavy atom. The summed E-state index contributed by atoms with van der Waals surface area (Å²) in [6.07, 6.45) is 14.9. The van der Waals surface area contributed by atoms with Crippen molar-refractivity contribution in [1.82, 2.24) is 0 Å². The van der Waals surface area contributed by atoms with E-state index in [1.165, 1.54) is 38.5 Å². The summed E-state index contributed by atoms with van der Waals surface area (Å²) in [5.41, 5.74) is 0.104. The van der Waals surface area contributed by atoms with Gasteiger partial charge in [0.05, 0.1) is 6.26 Å². The van der Waals surface area contributed by atoms with Gasteiger partial charge in [-0.05, 0) is 31.8 Å². The van der Waals surface area contributed by atoms with Crippen LogP contribution in [0.3, 0.4) is 0 Å². The molecule has 0 radical (unpaired) electrons. The molecule has 0 spiro atoms. The minimum Gasteiger partial charge on any atom is -0.495 e. The van der Waals surface area contributed by atoms with E-state index in [9.17, 15) is 0 Å². The average Bonchev–Trinajstić information content (AvgIpc) is 2.40. The van der Waals surface area contributed by atoms with Crippen molar-refractivity contribution in [2.24, 2.45) is 5.92 Å². The quantitative estimate of drug-likeness (QED) is 0.604. The maximum atomic E-state index is 5.94. The van der Waals surface area contributed by atoms with Crippen LogP contribution in [0.1, 0.15) is 44.9 Å². The molecular weight excluding hydrogens is 172 g/mol. The molecule has 1 aliphatic heterocycles. The fraction of sp³-hybridized carbons (Fsp3) is 0.692. The zero-order valence-corrected chi connectivity index (χ0v) is 8.87. The standard InChI is InChI=1S/C13H20O/c1-2-9-13-10-5-3-4-7-12(13)8-6-11-14-13/h2,6,11-12H,1,3-5,7-10H2/t12-,13+/m0/s1. The van der Waals surface area contributed by atoms with Crippen LogP contribution >= 0.6 is 0 Å². The third kappa shape index (κ3) is 1.73. The molecule has 0 aromatic carbocycles. The lowest BCUT2D eigenvalue weighted by Crippen LogP contribution is -2.40. The number of ether oxygens (including phenoxy) is 1. The van der Waals surface area contributed by atoms with Crippen LogP contribution in [0.5, 0.6) is 0 Å². The SMILES string of the molecule is C=CC[C@@]12CCCCC[C@H]1CC=CO2. The summed E-state index contributed by atoms with van der Waals surface area (Å²) in [5.74, 6) is 0.730. The molecule has 0 N–H and O–H groups in total. The van der Waals surface area contributed by atoms with Gasteiger partial charge in [-0.2, -0.15) is 0 Å². The van der Waals surface area contributed by atoms with Gasteiger partial charge < -0.3 is 4.74 Å². The van der Waals surface area contributed by atoms with E-state index >= 15 is 0 Å². The maximum Gasteiger partial charge on any atom is 0.115 e. The molecule has 1 nitrogen and oxygen atoms in total. The monoisotopic (exact) mass is 192 g/mol. The van der Waals surface area contributed by atoms with Crippen LogP contribution in [0, 0.1) is 5.92 Å². The molecule has 14 heavy (non-hydrogen) atoms. The second kappa shape index (κ2) is 4.20. The highest BCUT2D eigenvalue weighted by Crippen LogP contribution is 2.42. The van der Waals surface area contributed by atoms with Crippen LogP contribution < -0.4 is 0 Å². The summed E-state index contributed by atoms with van der Waals surface area (Å²) < 4.78 is 5.94. The van der Waals surface area contributed by atoms with Crippen LogP contribution in [0.2, 0.25) is 0 Å². The van der Waals surface area contributed by atoms with E-state index in [4.69, 9.17) is 4.74 Å². The highest BCUT2D eigenvalue weighted by molar-refractivity contribution is 5.02. The van der Waals surface area contributed by atoms with Gasteiger partial charge in [0.2, 0.25) is 0 Å². The van der Waals surface area contributed by atoms with Crippen molar-refractivity contribution in [2.45, 2.75) is 50.5 Å². The van der Waals surface area contributed by atoms with Crippen molar-refractivity contribution in [3.05, 3.63) is 25.0 Å². The van der Waals surface area contributed by atoms with Crippen LogP contribution in [-0.4, -0.2) is 5.60 Å². The molecule has 1 heterocycles. The molecule has 2 aliphatic rings. The molecule has 1 heteroatoms. The Labute approximate surface area is 86.8 Å². The first-order valence-corrected chi connectivity index (χ1v) is 5.81. The fourth-order valence-electron chi connectivity index (χ4n) is 2.91. The van der Waals surface area contributed by atoms with Crippen molar-refractivity contribution in [3.8, 4) is 0 Å². The summed E-state index contributed by atoms with van der Waals surface area (Å²) in [4.78, 5) is 0. The molecule has 2 rings (SSSR count). The summed E-state index contributed by atoms with van der Waals surface area (Å²) >= 11 is 0. The molecule has 0 amide bonds. The molecule has 0 bridgehead atoms. The van der Waals surface area contributed by atoms with E-state index in [-0.39, 0.29) is 5.60 Å². The third-order valence-electron chi connectivity index (χ3n) is 3.71. The summed E-state index contributed by atoms with van der Waals surface area (Å²) in [6.45, 7) is 3.87. The van der Waals surface area contributed by atoms with E-state index in [1.807, 2.05) is 12.3 Å². The van der Waals surface area contributed by atoms with Gasteiger partial charge >= 0.3 is 0 Å². The Morgan fingerprint density at radius 3 is 3.21 bits per heavy atom. The van der Waals surface area contributed by atoms with Crippen LogP contribution in [0.25, 0.3) is 0 Å². The fourth-order valence-corrected chi connectivity index (χ4v) is 2.91. The van der Waals surface area contributed by atoms with Crippen molar-refractivity contribution in [3.63, 3.8) is 0 Å². The van der Waals surface area contributed by atoms with Gasteiger partial charge in [-0.1, -0.05) is 18.9 Å². The molecule has 0 aromatic heterocycles. The zero-order chi connectivity index (χ0) is 9.86. The predicted molar refractivity (Wildman–Crippen MR) is 59.0 cm³/mol.